The maximum atomic E-state index is 12.2. The lowest BCUT2D eigenvalue weighted by atomic mass is 10.1. The lowest BCUT2D eigenvalue weighted by Crippen LogP contribution is -2.36. The lowest BCUT2D eigenvalue weighted by molar-refractivity contribution is -0.141. The fourth-order valence-corrected chi connectivity index (χ4v) is 2.24. The number of benzene rings is 1. The molecule has 0 aliphatic carbocycles. The molecule has 18 heavy (non-hydrogen) atoms. The lowest BCUT2D eigenvalue weighted by Gasteiger charge is -2.21. The molecule has 1 aliphatic heterocycles. The summed E-state index contributed by atoms with van der Waals surface area (Å²) in [5, 5.41) is 0. The number of amides is 1. The van der Waals surface area contributed by atoms with Gasteiger partial charge in [-0.15, -0.1) is 0 Å². The zero-order chi connectivity index (χ0) is 13.1. The molecular formula is C14H20N2O2. The number of rotatable bonds is 3. The Morgan fingerprint density at radius 3 is 2.78 bits per heavy atom. The number of hydrogen-bond acceptors (Lipinski definition) is 3. The number of likely N-dealkylation sites (N-methyl/N-ethyl adjacent to an activating group) is 1. The van der Waals surface area contributed by atoms with Crippen molar-refractivity contribution < 1.29 is 9.53 Å². The van der Waals surface area contributed by atoms with Gasteiger partial charge in [-0.3, -0.25) is 4.79 Å². The maximum absolute atomic E-state index is 12.2. The SMILES string of the molecule is CC1CCC(C(=O)N(C)Cc2ccccc2N)O1. The fraction of sp³-hybridized carbons (Fsp3) is 0.500. The van der Waals surface area contributed by atoms with Gasteiger partial charge in [0.2, 0.25) is 0 Å². The molecule has 1 fully saturated rings. The number of para-hydroxylation sites is 1. The van der Waals surface area contributed by atoms with E-state index in [0.29, 0.717) is 6.54 Å². The predicted octanol–water partition coefficient (Wildman–Crippen LogP) is 1.79. The van der Waals surface area contributed by atoms with Crippen molar-refractivity contribution in [2.24, 2.45) is 0 Å². The van der Waals surface area contributed by atoms with Crippen molar-refractivity contribution in [3.8, 4) is 0 Å². The molecule has 0 saturated carbocycles. The van der Waals surface area contributed by atoms with Crippen LogP contribution in [-0.2, 0) is 16.1 Å². The number of nitrogen functional groups attached to an aromatic ring is 1. The van der Waals surface area contributed by atoms with Crippen LogP contribution in [0.15, 0.2) is 24.3 Å². The van der Waals surface area contributed by atoms with E-state index in [-0.39, 0.29) is 18.1 Å². The summed E-state index contributed by atoms with van der Waals surface area (Å²) in [6.07, 6.45) is 1.68. The predicted molar refractivity (Wildman–Crippen MR) is 70.9 cm³/mol. The highest BCUT2D eigenvalue weighted by atomic mass is 16.5. The molecule has 0 bridgehead atoms. The van der Waals surface area contributed by atoms with Crippen LogP contribution in [0.3, 0.4) is 0 Å². The van der Waals surface area contributed by atoms with Gasteiger partial charge in [0.05, 0.1) is 6.10 Å². The normalized spacial score (nSPS) is 23.0. The second-order valence-corrected chi connectivity index (χ2v) is 4.91. The van der Waals surface area contributed by atoms with Crippen molar-refractivity contribution in [1.29, 1.82) is 0 Å². The monoisotopic (exact) mass is 248 g/mol. The summed E-state index contributed by atoms with van der Waals surface area (Å²) in [7, 11) is 1.79. The zero-order valence-electron chi connectivity index (χ0n) is 10.9. The van der Waals surface area contributed by atoms with Crippen LogP contribution in [0.25, 0.3) is 0 Å². The van der Waals surface area contributed by atoms with Gasteiger partial charge in [0, 0.05) is 19.3 Å². The molecule has 2 rings (SSSR count). The molecule has 2 unspecified atom stereocenters. The average Bonchev–Trinajstić information content (AvgIpc) is 2.78. The smallest absolute Gasteiger partial charge is 0.251 e. The van der Waals surface area contributed by atoms with Crippen LogP contribution in [0.2, 0.25) is 0 Å². The van der Waals surface area contributed by atoms with Gasteiger partial charge in [-0.25, -0.2) is 0 Å². The van der Waals surface area contributed by atoms with Gasteiger partial charge in [-0.2, -0.15) is 0 Å². The van der Waals surface area contributed by atoms with E-state index in [0.717, 1.165) is 24.1 Å². The summed E-state index contributed by atoms with van der Waals surface area (Å²) in [6, 6.07) is 7.61. The molecular weight excluding hydrogens is 228 g/mol. The molecule has 4 heteroatoms. The zero-order valence-corrected chi connectivity index (χ0v) is 10.9. The molecule has 1 aromatic rings. The first-order valence-electron chi connectivity index (χ1n) is 6.31. The summed E-state index contributed by atoms with van der Waals surface area (Å²) >= 11 is 0. The number of nitrogens with zero attached hydrogens (tertiary/aromatic N) is 1. The third-order valence-corrected chi connectivity index (χ3v) is 3.35. The Morgan fingerprint density at radius 1 is 1.44 bits per heavy atom. The molecule has 4 nitrogen and oxygen atoms in total. The summed E-state index contributed by atoms with van der Waals surface area (Å²) in [5.74, 6) is 0.0441. The highest BCUT2D eigenvalue weighted by molar-refractivity contribution is 5.81. The number of carbonyl (C=O) groups is 1. The molecule has 0 spiro atoms. The first-order chi connectivity index (χ1) is 8.58. The average molecular weight is 248 g/mol. The van der Waals surface area contributed by atoms with Crippen molar-refractivity contribution >= 4 is 11.6 Å². The summed E-state index contributed by atoms with van der Waals surface area (Å²) in [6.45, 7) is 2.53. The first kappa shape index (κ1) is 12.9. The Morgan fingerprint density at radius 2 is 2.17 bits per heavy atom. The van der Waals surface area contributed by atoms with Crippen molar-refractivity contribution in [3.05, 3.63) is 29.8 Å². The van der Waals surface area contributed by atoms with Crippen LogP contribution in [-0.4, -0.2) is 30.1 Å². The third kappa shape index (κ3) is 2.82. The minimum atomic E-state index is -0.282. The summed E-state index contributed by atoms with van der Waals surface area (Å²) in [5.41, 5.74) is 7.57. The van der Waals surface area contributed by atoms with E-state index in [1.165, 1.54) is 0 Å². The molecule has 1 aromatic carbocycles. The van der Waals surface area contributed by atoms with Crippen molar-refractivity contribution in [1.82, 2.24) is 4.90 Å². The molecule has 98 valence electrons. The van der Waals surface area contributed by atoms with Gasteiger partial charge in [0.15, 0.2) is 0 Å². The van der Waals surface area contributed by atoms with Crippen molar-refractivity contribution in [2.75, 3.05) is 12.8 Å². The minimum absolute atomic E-state index is 0.0441. The van der Waals surface area contributed by atoms with Gasteiger partial charge in [-0.1, -0.05) is 18.2 Å². The minimum Gasteiger partial charge on any atom is -0.398 e. The number of ether oxygens (including phenoxy) is 1. The van der Waals surface area contributed by atoms with Gasteiger partial charge >= 0.3 is 0 Å². The number of hydrogen-bond donors (Lipinski definition) is 1. The van der Waals surface area contributed by atoms with Crippen LogP contribution in [0.4, 0.5) is 5.69 Å². The topological polar surface area (TPSA) is 55.6 Å². The van der Waals surface area contributed by atoms with Gasteiger partial charge in [0.25, 0.3) is 5.91 Å². The summed E-state index contributed by atoms with van der Waals surface area (Å²) < 4.78 is 5.59. The van der Waals surface area contributed by atoms with E-state index < -0.39 is 0 Å². The quantitative estimate of drug-likeness (QED) is 0.830. The molecule has 2 N–H and O–H groups in total. The van der Waals surface area contributed by atoms with E-state index in [2.05, 4.69) is 0 Å². The highest BCUT2D eigenvalue weighted by Crippen LogP contribution is 2.21. The van der Waals surface area contributed by atoms with Crippen molar-refractivity contribution in [3.63, 3.8) is 0 Å². The molecule has 1 saturated heterocycles. The van der Waals surface area contributed by atoms with Gasteiger partial charge in [0.1, 0.15) is 6.10 Å². The highest BCUT2D eigenvalue weighted by Gasteiger charge is 2.30. The second kappa shape index (κ2) is 5.40. The molecule has 2 atom stereocenters. The Balaban J connectivity index is 1.98. The van der Waals surface area contributed by atoms with Crippen LogP contribution < -0.4 is 5.73 Å². The Kier molecular flexibility index (Phi) is 3.87. The van der Waals surface area contributed by atoms with Crippen LogP contribution in [0.1, 0.15) is 25.3 Å². The second-order valence-electron chi connectivity index (χ2n) is 4.91. The molecule has 1 amide bonds. The van der Waals surface area contributed by atoms with Gasteiger partial charge < -0.3 is 15.4 Å². The molecule has 1 aliphatic rings. The Hall–Kier alpha value is -1.55. The molecule has 1 heterocycles. The first-order valence-corrected chi connectivity index (χ1v) is 6.31. The van der Waals surface area contributed by atoms with E-state index in [4.69, 9.17) is 10.5 Å². The van der Waals surface area contributed by atoms with E-state index >= 15 is 0 Å². The fourth-order valence-electron chi connectivity index (χ4n) is 2.24. The largest absolute Gasteiger partial charge is 0.398 e. The molecule has 0 aromatic heterocycles. The van der Waals surface area contributed by atoms with Crippen LogP contribution >= 0.6 is 0 Å². The molecule has 0 radical (unpaired) electrons. The number of nitrogens with two attached hydrogens (primary N) is 1. The van der Waals surface area contributed by atoms with E-state index in [1.807, 2.05) is 31.2 Å². The Labute approximate surface area is 108 Å². The van der Waals surface area contributed by atoms with Gasteiger partial charge in [-0.05, 0) is 31.4 Å². The summed E-state index contributed by atoms with van der Waals surface area (Å²) in [4.78, 5) is 13.9. The maximum Gasteiger partial charge on any atom is 0.251 e. The Bertz CT molecular complexity index is 434. The van der Waals surface area contributed by atoms with Crippen LogP contribution in [0.5, 0.6) is 0 Å². The van der Waals surface area contributed by atoms with Crippen molar-refractivity contribution in [2.45, 2.75) is 38.5 Å². The van der Waals surface area contributed by atoms with Crippen LogP contribution in [0, 0.1) is 0 Å². The standard InChI is InChI=1S/C14H20N2O2/c1-10-7-8-13(18-10)14(17)16(2)9-11-5-3-4-6-12(11)15/h3-6,10,13H,7-9,15H2,1-2H3. The van der Waals surface area contributed by atoms with E-state index in [9.17, 15) is 4.79 Å². The number of anilines is 1. The van der Waals surface area contributed by atoms with E-state index in [1.54, 1.807) is 11.9 Å². The number of carbonyl (C=O) groups excluding carboxylic acids is 1. The third-order valence-electron chi connectivity index (χ3n) is 3.35.